The van der Waals surface area contributed by atoms with E-state index in [0.717, 1.165) is 22.9 Å². The molecule has 0 aliphatic carbocycles. The van der Waals surface area contributed by atoms with E-state index in [0.29, 0.717) is 45.1 Å². The molecule has 0 radical (unpaired) electrons. The number of quaternary nitrogens is 2. The number of rotatable bonds is 22. The van der Waals surface area contributed by atoms with E-state index in [1.54, 1.807) is 6.20 Å². The zero-order valence-corrected chi connectivity index (χ0v) is 27.4. The van der Waals surface area contributed by atoms with Crippen LogP contribution in [0, 0.1) is 0 Å². The van der Waals surface area contributed by atoms with Crippen molar-refractivity contribution >= 4 is 46.7 Å². The highest BCUT2D eigenvalue weighted by Crippen LogP contribution is 2.19. The number of aromatic nitrogens is 1. The van der Waals surface area contributed by atoms with Gasteiger partial charge in [-0.3, -0.25) is 24.0 Å². The van der Waals surface area contributed by atoms with E-state index in [-0.39, 0.29) is 25.2 Å². The highest BCUT2D eigenvalue weighted by Gasteiger charge is 2.32. The van der Waals surface area contributed by atoms with Crippen molar-refractivity contribution in [2.45, 2.75) is 95.4 Å². The summed E-state index contributed by atoms with van der Waals surface area (Å²) in [6, 6.07) is 2.47. The van der Waals surface area contributed by atoms with Gasteiger partial charge in [-0.2, -0.15) is 0 Å². The van der Waals surface area contributed by atoms with Gasteiger partial charge in [0.1, 0.15) is 30.5 Å². The SMILES string of the molecule is CC(=O)N[C@@H](CCCC[NH3+])C(=O)N[C@@H](Cc1c[nH]c2ccccc12)C(=O)N[C@@H](CCCC[NH3+])C(=O)N[C@@H](CCO)C(=O)N[C@@H](C)C=O. The number of benzene rings is 1. The molecule has 5 atom stereocenters. The molecule has 0 aliphatic rings. The second-order valence-corrected chi connectivity index (χ2v) is 11.6. The molecule has 260 valence electrons. The number of hydrogen-bond donors (Lipinski definition) is 9. The predicted octanol–water partition coefficient (Wildman–Crippen LogP) is -2.42. The summed E-state index contributed by atoms with van der Waals surface area (Å²) in [5.74, 6) is -2.86. The van der Waals surface area contributed by atoms with Crippen LogP contribution in [0.2, 0.25) is 0 Å². The number of carbonyl (C=O) groups is 6. The second kappa shape index (κ2) is 20.7. The largest absolute Gasteiger partial charge is 0.396 e. The molecule has 5 amide bonds. The van der Waals surface area contributed by atoms with Gasteiger partial charge in [0, 0.05) is 37.1 Å². The lowest BCUT2D eigenvalue weighted by Gasteiger charge is -2.26. The van der Waals surface area contributed by atoms with Gasteiger partial charge in [-0.15, -0.1) is 0 Å². The highest BCUT2D eigenvalue weighted by atomic mass is 16.3. The van der Waals surface area contributed by atoms with Gasteiger partial charge in [0.15, 0.2) is 0 Å². The van der Waals surface area contributed by atoms with Crippen LogP contribution in [0.25, 0.3) is 10.9 Å². The topological polar surface area (TPSA) is 254 Å². The van der Waals surface area contributed by atoms with Crippen molar-refractivity contribution in [3.05, 3.63) is 36.0 Å². The Morgan fingerprint density at radius 1 is 0.766 bits per heavy atom. The minimum absolute atomic E-state index is 0.0829. The molecular weight excluding hydrogens is 608 g/mol. The zero-order valence-electron chi connectivity index (χ0n) is 27.4. The van der Waals surface area contributed by atoms with Crippen LogP contribution in [0.15, 0.2) is 30.5 Å². The van der Waals surface area contributed by atoms with Crippen LogP contribution < -0.4 is 38.1 Å². The van der Waals surface area contributed by atoms with Crippen molar-refractivity contribution < 1.29 is 45.3 Å². The average molecular weight is 661 g/mol. The first-order chi connectivity index (χ1) is 22.5. The molecule has 15 heteroatoms. The molecule has 2 aromatic rings. The van der Waals surface area contributed by atoms with E-state index < -0.39 is 60.4 Å². The number of amides is 5. The Labute approximate surface area is 274 Å². The minimum atomic E-state index is -1.15. The van der Waals surface area contributed by atoms with Crippen molar-refractivity contribution in [1.29, 1.82) is 0 Å². The van der Waals surface area contributed by atoms with Gasteiger partial charge in [-0.1, -0.05) is 18.2 Å². The lowest BCUT2D eigenvalue weighted by molar-refractivity contribution is -0.368. The normalized spacial score (nSPS) is 14.2. The number of para-hydroxylation sites is 1. The van der Waals surface area contributed by atoms with Gasteiger partial charge in [-0.05, 0) is 63.5 Å². The number of H-pyrrole nitrogens is 1. The molecule has 0 spiro atoms. The summed E-state index contributed by atoms with van der Waals surface area (Å²) in [6.45, 7) is 3.67. The number of aldehydes is 1. The Balaban J connectivity index is 2.36. The molecule has 0 aliphatic heterocycles. The molecule has 1 aromatic heterocycles. The molecular formula is C32H52N8O7+2. The first-order valence-corrected chi connectivity index (χ1v) is 16.2. The summed E-state index contributed by atoms with van der Waals surface area (Å²) < 4.78 is 0. The average Bonchev–Trinajstić information content (AvgIpc) is 3.45. The van der Waals surface area contributed by atoms with E-state index in [4.69, 9.17) is 0 Å². The molecule has 0 fully saturated rings. The monoisotopic (exact) mass is 660 g/mol. The first-order valence-electron chi connectivity index (χ1n) is 16.2. The van der Waals surface area contributed by atoms with Crippen molar-refractivity contribution in [1.82, 2.24) is 31.6 Å². The van der Waals surface area contributed by atoms with E-state index >= 15 is 0 Å². The summed E-state index contributed by atoms with van der Waals surface area (Å²) in [4.78, 5) is 79.8. The number of carbonyl (C=O) groups excluding carboxylic acids is 6. The lowest BCUT2D eigenvalue weighted by Crippen LogP contribution is -2.59. The molecule has 1 aromatic carbocycles. The van der Waals surface area contributed by atoms with Crippen molar-refractivity contribution in [3.8, 4) is 0 Å². The summed E-state index contributed by atoms with van der Waals surface area (Å²) in [6.07, 6.45) is 5.47. The van der Waals surface area contributed by atoms with Crippen LogP contribution in [0.4, 0.5) is 0 Å². The first kappa shape index (κ1) is 38.8. The smallest absolute Gasteiger partial charge is 0.243 e. The molecule has 0 saturated heterocycles. The van der Waals surface area contributed by atoms with Crippen LogP contribution in [0.1, 0.15) is 64.4 Å². The number of fused-ring (bicyclic) bond motifs is 1. The van der Waals surface area contributed by atoms with E-state index in [9.17, 15) is 33.9 Å². The highest BCUT2D eigenvalue weighted by molar-refractivity contribution is 5.96. The maximum atomic E-state index is 13.9. The molecule has 1 heterocycles. The second-order valence-electron chi connectivity index (χ2n) is 11.6. The Morgan fingerprint density at radius 2 is 1.28 bits per heavy atom. The Kier molecular flexibility index (Phi) is 17.1. The Hall–Kier alpha value is -4.34. The number of aliphatic hydroxyl groups is 1. The van der Waals surface area contributed by atoms with Gasteiger partial charge in [0.05, 0.1) is 19.1 Å². The molecule has 0 saturated carbocycles. The molecule has 47 heavy (non-hydrogen) atoms. The van der Waals surface area contributed by atoms with Crippen LogP contribution in [-0.2, 0) is 35.2 Å². The fourth-order valence-electron chi connectivity index (χ4n) is 5.14. The summed E-state index contributed by atoms with van der Waals surface area (Å²) >= 11 is 0. The van der Waals surface area contributed by atoms with Crippen LogP contribution >= 0.6 is 0 Å². The molecule has 0 unspecified atom stereocenters. The predicted molar refractivity (Wildman–Crippen MR) is 174 cm³/mol. The third-order valence-electron chi connectivity index (χ3n) is 7.67. The third-order valence-corrected chi connectivity index (χ3v) is 7.67. The Bertz CT molecular complexity index is 1330. The summed E-state index contributed by atoms with van der Waals surface area (Å²) in [7, 11) is 0. The van der Waals surface area contributed by atoms with E-state index in [1.165, 1.54) is 13.8 Å². The van der Waals surface area contributed by atoms with Crippen LogP contribution in [0.3, 0.4) is 0 Å². The van der Waals surface area contributed by atoms with Crippen molar-refractivity contribution in [2.75, 3.05) is 19.7 Å². The van der Waals surface area contributed by atoms with Crippen molar-refractivity contribution in [2.24, 2.45) is 0 Å². The summed E-state index contributed by atoms with van der Waals surface area (Å²) in [5.41, 5.74) is 9.26. The fraction of sp³-hybridized carbons (Fsp3) is 0.562. The zero-order chi connectivity index (χ0) is 34.8. The minimum Gasteiger partial charge on any atom is -0.396 e. The molecule has 13 N–H and O–H groups in total. The van der Waals surface area contributed by atoms with Gasteiger partial charge in [0.2, 0.25) is 29.5 Å². The number of aromatic amines is 1. The van der Waals surface area contributed by atoms with Crippen molar-refractivity contribution in [3.63, 3.8) is 0 Å². The molecule has 0 bridgehead atoms. The van der Waals surface area contributed by atoms with Gasteiger partial charge in [0.25, 0.3) is 0 Å². The number of hydrogen-bond acceptors (Lipinski definition) is 7. The lowest BCUT2D eigenvalue weighted by atomic mass is 10.0. The summed E-state index contributed by atoms with van der Waals surface area (Å²) in [5, 5.41) is 23.7. The fourth-order valence-corrected chi connectivity index (χ4v) is 5.14. The number of unbranched alkanes of at least 4 members (excludes halogenated alkanes) is 2. The van der Waals surface area contributed by atoms with Crippen LogP contribution in [0.5, 0.6) is 0 Å². The van der Waals surface area contributed by atoms with Gasteiger partial charge >= 0.3 is 0 Å². The van der Waals surface area contributed by atoms with E-state index in [1.807, 2.05) is 24.3 Å². The maximum Gasteiger partial charge on any atom is 0.243 e. The van der Waals surface area contributed by atoms with Crippen LogP contribution in [-0.4, -0.2) is 95.8 Å². The maximum absolute atomic E-state index is 13.9. The third kappa shape index (κ3) is 13.1. The quantitative estimate of drug-likeness (QED) is 0.0488. The molecule has 15 nitrogen and oxygen atoms in total. The number of aliphatic hydroxyl groups excluding tert-OH is 1. The Morgan fingerprint density at radius 3 is 1.83 bits per heavy atom. The molecule has 2 rings (SSSR count). The van der Waals surface area contributed by atoms with E-state index in [2.05, 4.69) is 43.0 Å². The van der Waals surface area contributed by atoms with Gasteiger partial charge < -0.3 is 52.9 Å². The number of nitrogens with one attached hydrogen (secondary N) is 6. The standard InChI is InChI=1S/C32H50N8O7/c1-20(19-42)36-29(44)27(13-16-41)39-31(46)26(12-6-8-15-34)38-32(47)28(17-22-18-35-24-10-4-3-9-23(22)24)40-30(45)25(37-21(2)43)11-5-7-14-33/h3-4,9-10,18-20,25-28,35,41H,5-8,11-17,33-34H2,1-2H3,(H,36,44)(H,37,43)(H,38,47)(H,39,46)(H,40,45)/p+2/t20-,25-,26-,27-,28-/m0/s1. The van der Waals surface area contributed by atoms with Gasteiger partial charge in [-0.25, -0.2) is 0 Å².